The normalized spacial score (nSPS) is 19.8. The molecular weight excluding hydrogens is 424 g/mol. The maximum atomic E-state index is 11.0. The van der Waals surface area contributed by atoms with Crippen LogP contribution in [0.3, 0.4) is 0 Å². The van der Waals surface area contributed by atoms with Crippen molar-refractivity contribution in [3.8, 4) is 17.2 Å². The summed E-state index contributed by atoms with van der Waals surface area (Å²) in [6.45, 7) is 5.65. The molecule has 0 radical (unpaired) electrons. The third-order valence-corrected chi connectivity index (χ3v) is 5.43. The zero-order valence-electron chi connectivity index (χ0n) is 19.6. The topological polar surface area (TPSA) is 47.9 Å². The summed E-state index contributed by atoms with van der Waals surface area (Å²) < 4.78 is 18.5. The van der Waals surface area contributed by atoms with Crippen molar-refractivity contribution in [2.24, 2.45) is 0 Å². The van der Waals surface area contributed by atoms with Crippen molar-refractivity contribution in [2.45, 2.75) is 26.9 Å². The van der Waals surface area contributed by atoms with E-state index in [1.807, 2.05) is 118 Å². The SMILES string of the molecule is CC(Oc1ccccc1)=C1C=CC(O)C(=C(C)Oc2ccccc2)C1=C(C)Oc1ccccc1. The smallest absolute Gasteiger partial charge is 0.126 e. The maximum Gasteiger partial charge on any atom is 0.126 e. The van der Waals surface area contributed by atoms with Gasteiger partial charge >= 0.3 is 0 Å². The molecule has 0 aliphatic heterocycles. The fourth-order valence-electron chi connectivity index (χ4n) is 3.87. The fraction of sp³-hybridized carbons (Fsp3) is 0.133. The minimum absolute atomic E-state index is 0.582. The Balaban J connectivity index is 1.83. The standard InChI is InChI=1S/C30H28O4/c1-21(32-24-13-7-4-8-14-24)27-19-20-28(31)30(23(3)34-26-17-11-6-12-18-26)29(27)22(2)33-25-15-9-5-10-16-25/h4-20,28,31H,1-3H3. The van der Waals surface area contributed by atoms with Gasteiger partial charge in [0, 0.05) is 16.7 Å². The third kappa shape index (κ3) is 5.48. The van der Waals surface area contributed by atoms with E-state index in [1.165, 1.54) is 0 Å². The maximum absolute atomic E-state index is 11.0. The molecule has 1 atom stereocenters. The van der Waals surface area contributed by atoms with E-state index in [4.69, 9.17) is 14.2 Å². The largest absolute Gasteiger partial charge is 0.462 e. The summed E-state index contributed by atoms with van der Waals surface area (Å²) in [4.78, 5) is 0. The Labute approximate surface area is 200 Å². The van der Waals surface area contributed by atoms with Crippen LogP contribution >= 0.6 is 0 Å². The van der Waals surface area contributed by atoms with E-state index in [9.17, 15) is 5.11 Å². The van der Waals surface area contributed by atoms with Gasteiger partial charge in [-0.3, -0.25) is 0 Å². The second-order valence-corrected chi connectivity index (χ2v) is 7.92. The molecule has 4 nitrogen and oxygen atoms in total. The lowest BCUT2D eigenvalue weighted by atomic mass is 9.86. The molecule has 1 aliphatic rings. The fourth-order valence-corrected chi connectivity index (χ4v) is 3.87. The number of hydrogen-bond donors (Lipinski definition) is 1. The first-order chi connectivity index (χ1) is 16.5. The summed E-state index contributed by atoms with van der Waals surface area (Å²) in [5.74, 6) is 4.03. The lowest BCUT2D eigenvalue weighted by Gasteiger charge is -2.27. The van der Waals surface area contributed by atoms with E-state index in [-0.39, 0.29) is 0 Å². The first-order valence-electron chi connectivity index (χ1n) is 11.2. The van der Waals surface area contributed by atoms with Crippen molar-refractivity contribution in [3.05, 3.63) is 137 Å². The van der Waals surface area contributed by atoms with Gasteiger partial charge in [0.1, 0.15) is 40.6 Å². The molecule has 3 aromatic rings. The Morgan fingerprint density at radius 1 is 0.588 bits per heavy atom. The van der Waals surface area contributed by atoms with Crippen LogP contribution in [0.4, 0.5) is 0 Å². The van der Waals surface area contributed by atoms with Crippen LogP contribution in [0, 0.1) is 0 Å². The number of aliphatic hydroxyl groups is 1. The Bertz CT molecular complexity index is 1240. The van der Waals surface area contributed by atoms with E-state index >= 15 is 0 Å². The Morgan fingerprint density at radius 3 is 1.47 bits per heavy atom. The van der Waals surface area contributed by atoms with Gasteiger partial charge in [0.25, 0.3) is 0 Å². The summed E-state index contributed by atoms with van der Waals surface area (Å²) >= 11 is 0. The van der Waals surface area contributed by atoms with E-state index in [0.717, 1.165) is 16.9 Å². The second kappa shape index (κ2) is 10.7. The third-order valence-electron chi connectivity index (χ3n) is 5.43. The molecule has 0 saturated heterocycles. The molecule has 34 heavy (non-hydrogen) atoms. The highest BCUT2D eigenvalue weighted by molar-refractivity contribution is 5.61. The number of rotatable bonds is 6. The molecule has 0 amide bonds. The van der Waals surface area contributed by atoms with Crippen LogP contribution in [-0.2, 0) is 0 Å². The molecule has 0 bridgehead atoms. The number of ether oxygens (including phenoxy) is 3. The number of aliphatic hydroxyl groups excluding tert-OH is 1. The molecule has 3 aromatic carbocycles. The zero-order valence-corrected chi connectivity index (χ0v) is 19.6. The predicted molar refractivity (Wildman–Crippen MR) is 134 cm³/mol. The molecule has 4 rings (SSSR count). The van der Waals surface area contributed by atoms with Gasteiger partial charge in [-0.25, -0.2) is 0 Å². The number of para-hydroxylation sites is 3. The van der Waals surface area contributed by atoms with Crippen LogP contribution in [-0.4, -0.2) is 11.2 Å². The van der Waals surface area contributed by atoms with Gasteiger partial charge < -0.3 is 19.3 Å². The van der Waals surface area contributed by atoms with Gasteiger partial charge in [0.05, 0.1) is 0 Å². The van der Waals surface area contributed by atoms with E-state index in [2.05, 4.69) is 0 Å². The van der Waals surface area contributed by atoms with Gasteiger partial charge in [0.15, 0.2) is 0 Å². The molecule has 0 heterocycles. The van der Waals surface area contributed by atoms with E-state index < -0.39 is 6.10 Å². The number of allylic oxidation sites excluding steroid dienone is 5. The molecule has 0 aromatic heterocycles. The van der Waals surface area contributed by atoms with Crippen molar-refractivity contribution < 1.29 is 19.3 Å². The van der Waals surface area contributed by atoms with Gasteiger partial charge in [-0.1, -0.05) is 66.7 Å². The Morgan fingerprint density at radius 2 is 1.00 bits per heavy atom. The van der Waals surface area contributed by atoms with E-state index in [0.29, 0.717) is 34.3 Å². The summed E-state index contributed by atoms with van der Waals surface area (Å²) in [7, 11) is 0. The molecule has 1 aliphatic carbocycles. The lowest BCUT2D eigenvalue weighted by Crippen LogP contribution is -2.21. The van der Waals surface area contributed by atoms with Gasteiger partial charge in [0.2, 0.25) is 0 Å². The average molecular weight is 453 g/mol. The van der Waals surface area contributed by atoms with E-state index in [1.54, 1.807) is 6.08 Å². The molecule has 172 valence electrons. The molecule has 1 unspecified atom stereocenters. The summed E-state index contributed by atoms with van der Waals surface area (Å²) in [5.41, 5.74) is 2.18. The van der Waals surface area contributed by atoms with Crippen LogP contribution in [0.15, 0.2) is 137 Å². The summed E-state index contributed by atoms with van der Waals surface area (Å²) in [5, 5.41) is 11.0. The van der Waals surface area contributed by atoms with Crippen LogP contribution in [0.2, 0.25) is 0 Å². The highest BCUT2D eigenvalue weighted by atomic mass is 16.5. The van der Waals surface area contributed by atoms with Crippen molar-refractivity contribution in [2.75, 3.05) is 0 Å². The molecule has 0 saturated carbocycles. The minimum Gasteiger partial charge on any atom is -0.462 e. The first kappa shape index (κ1) is 23.1. The molecular formula is C30H28O4. The Kier molecular flexibility index (Phi) is 7.31. The highest BCUT2D eigenvalue weighted by Crippen LogP contribution is 2.37. The molecule has 4 heteroatoms. The predicted octanol–water partition coefficient (Wildman–Crippen LogP) is 6.98. The molecule has 0 fully saturated rings. The van der Waals surface area contributed by atoms with Gasteiger partial charge in [-0.05, 0) is 57.2 Å². The molecule has 1 N–H and O–H groups in total. The van der Waals surface area contributed by atoms with Crippen molar-refractivity contribution in [3.63, 3.8) is 0 Å². The van der Waals surface area contributed by atoms with Crippen molar-refractivity contribution in [1.82, 2.24) is 0 Å². The Hall–Kier alpha value is -4.02. The van der Waals surface area contributed by atoms with Crippen LogP contribution in [0.25, 0.3) is 0 Å². The van der Waals surface area contributed by atoms with Crippen LogP contribution in [0.5, 0.6) is 17.2 Å². The summed E-state index contributed by atoms with van der Waals surface area (Å²) in [6.07, 6.45) is 2.75. The summed E-state index contributed by atoms with van der Waals surface area (Å²) in [6, 6.07) is 28.7. The number of hydrogen-bond acceptors (Lipinski definition) is 4. The van der Waals surface area contributed by atoms with Crippen LogP contribution in [0.1, 0.15) is 20.8 Å². The monoisotopic (exact) mass is 452 g/mol. The highest BCUT2D eigenvalue weighted by Gasteiger charge is 2.29. The van der Waals surface area contributed by atoms with Gasteiger partial charge in [-0.2, -0.15) is 0 Å². The second-order valence-electron chi connectivity index (χ2n) is 7.92. The molecule has 0 spiro atoms. The van der Waals surface area contributed by atoms with Crippen molar-refractivity contribution in [1.29, 1.82) is 0 Å². The number of benzene rings is 3. The first-order valence-corrected chi connectivity index (χ1v) is 11.2. The lowest BCUT2D eigenvalue weighted by molar-refractivity contribution is 0.249. The van der Waals surface area contributed by atoms with Gasteiger partial charge in [-0.15, -0.1) is 0 Å². The quantitative estimate of drug-likeness (QED) is 0.410. The zero-order chi connectivity index (χ0) is 23.9. The van der Waals surface area contributed by atoms with Crippen LogP contribution < -0.4 is 14.2 Å². The minimum atomic E-state index is -0.860. The average Bonchev–Trinajstić information content (AvgIpc) is 2.85. The van der Waals surface area contributed by atoms with Crippen molar-refractivity contribution >= 4 is 0 Å².